The molecule has 0 bridgehead atoms. The van der Waals surface area contributed by atoms with Gasteiger partial charge in [0.05, 0.1) is 29.0 Å². The minimum Gasteiger partial charge on any atom is -0.481 e. The molecule has 0 saturated carbocycles. The van der Waals surface area contributed by atoms with Gasteiger partial charge in [-0.15, -0.1) is 0 Å². The Balaban J connectivity index is 2.40. The molecule has 0 spiro atoms. The highest BCUT2D eigenvalue weighted by molar-refractivity contribution is 6.33. The van der Waals surface area contributed by atoms with Crippen molar-refractivity contribution in [3.8, 4) is 0 Å². The molecule has 2 aromatic carbocycles. The fourth-order valence-corrected chi connectivity index (χ4v) is 3.87. The maximum atomic E-state index is 13.5. The molecule has 2 rings (SSSR count). The van der Waals surface area contributed by atoms with Gasteiger partial charge in [-0.25, -0.2) is 0 Å². The van der Waals surface area contributed by atoms with Crippen LogP contribution in [-0.4, -0.2) is 23.2 Å². The first kappa shape index (κ1) is 26.0. The van der Waals surface area contributed by atoms with Gasteiger partial charge in [0.25, 0.3) is 0 Å². The zero-order valence-corrected chi connectivity index (χ0v) is 19.1. The van der Waals surface area contributed by atoms with Gasteiger partial charge in [-0.3, -0.25) is 9.59 Å². The Morgan fingerprint density at radius 2 is 1.66 bits per heavy atom. The van der Waals surface area contributed by atoms with Crippen molar-refractivity contribution in [1.82, 2.24) is 0 Å². The van der Waals surface area contributed by atoms with E-state index in [4.69, 9.17) is 23.2 Å². The number of rotatable bonds is 9. The molecular formula is C23H24Cl2F3NO3. The Morgan fingerprint density at radius 1 is 1.06 bits per heavy atom. The van der Waals surface area contributed by atoms with E-state index in [1.54, 1.807) is 6.07 Å². The summed E-state index contributed by atoms with van der Waals surface area (Å²) in [4.78, 5) is 24.2. The summed E-state index contributed by atoms with van der Waals surface area (Å²) in [5, 5.41) is 12.2. The van der Waals surface area contributed by atoms with Crippen LogP contribution in [0.3, 0.4) is 0 Å². The number of alkyl halides is 3. The van der Waals surface area contributed by atoms with E-state index in [9.17, 15) is 27.9 Å². The van der Waals surface area contributed by atoms with Crippen LogP contribution in [0.2, 0.25) is 10.0 Å². The number of carbonyl (C=O) groups excluding carboxylic acids is 1. The van der Waals surface area contributed by atoms with Gasteiger partial charge < -0.3 is 10.4 Å². The van der Waals surface area contributed by atoms with Crippen molar-refractivity contribution in [3.05, 3.63) is 63.6 Å². The number of benzene rings is 2. The number of anilines is 1. The van der Waals surface area contributed by atoms with Crippen LogP contribution in [0.1, 0.15) is 56.1 Å². The molecule has 0 unspecified atom stereocenters. The number of carboxylic acids is 1. The van der Waals surface area contributed by atoms with E-state index in [-0.39, 0.29) is 28.6 Å². The first-order chi connectivity index (χ1) is 14.9. The molecule has 174 valence electrons. The Hall–Kier alpha value is -2.25. The lowest BCUT2D eigenvalue weighted by molar-refractivity contribution is -0.178. The van der Waals surface area contributed by atoms with E-state index in [1.807, 2.05) is 6.92 Å². The van der Waals surface area contributed by atoms with Crippen LogP contribution in [-0.2, 0) is 9.59 Å². The maximum absolute atomic E-state index is 13.5. The number of carbonyl (C=O) groups is 2. The molecule has 2 aromatic rings. The fourth-order valence-electron chi connectivity index (χ4n) is 3.58. The Morgan fingerprint density at radius 3 is 2.19 bits per heavy atom. The van der Waals surface area contributed by atoms with Gasteiger partial charge in [-0.1, -0.05) is 61.7 Å². The van der Waals surface area contributed by atoms with Gasteiger partial charge in [0.15, 0.2) is 0 Å². The van der Waals surface area contributed by atoms with Crippen LogP contribution in [0.15, 0.2) is 42.5 Å². The molecule has 32 heavy (non-hydrogen) atoms. The zero-order valence-electron chi connectivity index (χ0n) is 17.5. The lowest BCUT2D eigenvalue weighted by Crippen LogP contribution is -2.34. The van der Waals surface area contributed by atoms with Crippen molar-refractivity contribution in [3.63, 3.8) is 0 Å². The summed E-state index contributed by atoms with van der Waals surface area (Å²) in [6.07, 6.45) is -3.38. The second kappa shape index (κ2) is 11.1. The van der Waals surface area contributed by atoms with Crippen LogP contribution in [0.4, 0.5) is 18.9 Å². The largest absolute Gasteiger partial charge is 0.481 e. The predicted octanol–water partition coefficient (Wildman–Crippen LogP) is 7.27. The van der Waals surface area contributed by atoms with Gasteiger partial charge in [0.1, 0.15) is 0 Å². The molecule has 0 fully saturated rings. The normalized spacial score (nSPS) is 14.5. The van der Waals surface area contributed by atoms with Crippen molar-refractivity contribution in [2.45, 2.75) is 51.1 Å². The summed E-state index contributed by atoms with van der Waals surface area (Å²) >= 11 is 12.0. The lowest BCUT2D eigenvalue weighted by Gasteiger charge is -2.26. The maximum Gasteiger partial charge on any atom is 0.392 e. The van der Waals surface area contributed by atoms with Crippen molar-refractivity contribution in [2.24, 2.45) is 5.92 Å². The summed E-state index contributed by atoms with van der Waals surface area (Å²) in [6, 6.07) is 10.3. The quantitative estimate of drug-likeness (QED) is 0.389. The van der Waals surface area contributed by atoms with E-state index in [0.717, 1.165) is 13.3 Å². The molecule has 1 amide bonds. The molecule has 0 aliphatic heterocycles. The number of nitrogens with one attached hydrogen (secondary N) is 1. The monoisotopic (exact) mass is 489 g/mol. The van der Waals surface area contributed by atoms with Crippen molar-refractivity contribution >= 4 is 40.8 Å². The van der Waals surface area contributed by atoms with Gasteiger partial charge >= 0.3 is 12.1 Å². The molecule has 3 atom stereocenters. The van der Waals surface area contributed by atoms with E-state index in [0.29, 0.717) is 17.0 Å². The van der Waals surface area contributed by atoms with Gasteiger partial charge in [-0.2, -0.15) is 13.2 Å². The third-order valence-electron chi connectivity index (χ3n) is 5.31. The van der Waals surface area contributed by atoms with Gasteiger partial charge in [0, 0.05) is 5.02 Å². The first-order valence-electron chi connectivity index (χ1n) is 10.1. The number of aliphatic carboxylic acids is 1. The standard InChI is InChI=1S/C23H24Cl2F3NO3/c1-3-4-15(12-20(30)31)16-7-10-18(25)19(11-16)29-22(32)21(13(2)23(26,27)28)14-5-8-17(24)9-6-14/h5-11,13,15,21H,3-4,12H2,1-2H3,(H,29,32)(H,30,31)/t13-,15+,21+/m1/s1. The Bertz CT molecular complexity index is 948. The average molecular weight is 490 g/mol. The van der Waals surface area contributed by atoms with E-state index in [1.165, 1.54) is 36.4 Å². The minimum absolute atomic E-state index is 0.110. The molecule has 0 heterocycles. The Kier molecular flexibility index (Phi) is 8.98. The summed E-state index contributed by atoms with van der Waals surface area (Å²) < 4.78 is 40.6. The number of amides is 1. The Labute approximate surface area is 194 Å². The summed E-state index contributed by atoms with van der Waals surface area (Å²) in [6.45, 7) is 2.86. The van der Waals surface area contributed by atoms with Crippen molar-refractivity contribution in [1.29, 1.82) is 0 Å². The molecule has 2 N–H and O–H groups in total. The van der Waals surface area contributed by atoms with Crippen LogP contribution in [0, 0.1) is 5.92 Å². The second-order valence-electron chi connectivity index (χ2n) is 7.67. The predicted molar refractivity (Wildman–Crippen MR) is 119 cm³/mol. The number of halogens is 5. The van der Waals surface area contributed by atoms with Crippen molar-refractivity contribution in [2.75, 3.05) is 5.32 Å². The van der Waals surface area contributed by atoms with Gasteiger partial charge in [-0.05, 0) is 47.7 Å². The molecule has 0 aromatic heterocycles. The third-order valence-corrected chi connectivity index (χ3v) is 5.89. The molecule has 0 aliphatic rings. The van der Waals surface area contributed by atoms with Gasteiger partial charge in [0.2, 0.25) is 5.91 Å². The fraction of sp³-hybridized carbons (Fsp3) is 0.391. The van der Waals surface area contributed by atoms with Crippen LogP contribution in [0.25, 0.3) is 0 Å². The molecule has 9 heteroatoms. The zero-order chi connectivity index (χ0) is 24.1. The molecule has 0 aliphatic carbocycles. The second-order valence-corrected chi connectivity index (χ2v) is 8.52. The topological polar surface area (TPSA) is 66.4 Å². The molecule has 0 radical (unpaired) electrons. The van der Waals surface area contributed by atoms with Crippen LogP contribution >= 0.6 is 23.2 Å². The lowest BCUT2D eigenvalue weighted by atomic mass is 9.85. The summed E-state index contributed by atoms with van der Waals surface area (Å²) in [5.74, 6) is -5.65. The molecule has 4 nitrogen and oxygen atoms in total. The highest BCUT2D eigenvalue weighted by atomic mass is 35.5. The van der Waals surface area contributed by atoms with Crippen LogP contribution < -0.4 is 5.32 Å². The van der Waals surface area contributed by atoms with Crippen LogP contribution in [0.5, 0.6) is 0 Å². The van der Waals surface area contributed by atoms with E-state index < -0.39 is 29.9 Å². The minimum atomic E-state index is -4.61. The number of hydrogen-bond acceptors (Lipinski definition) is 2. The van der Waals surface area contributed by atoms with E-state index in [2.05, 4.69) is 5.32 Å². The highest BCUT2D eigenvalue weighted by Crippen LogP contribution is 2.39. The third kappa shape index (κ3) is 6.87. The SMILES string of the molecule is CCC[C@@H](CC(=O)O)c1ccc(Cl)c(NC(=O)[C@H](c2ccc(Cl)cc2)[C@@H](C)C(F)(F)F)c1. The average Bonchev–Trinajstić information content (AvgIpc) is 2.70. The summed E-state index contributed by atoms with van der Waals surface area (Å²) in [7, 11) is 0. The molecule has 0 saturated heterocycles. The first-order valence-corrected chi connectivity index (χ1v) is 10.8. The van der Waals surface area contributed by atoms with Crippen molar-refractivity contribution < 1.29 is 27.9 Å². The van der Waals surface area contributed by atoms with E-state index >= 15 is 0 Å². The number of carboxylic acid groups (broad SMARTS) is 1. The molecular weight excluding hydrogens is 466 g/mol. The number of hydrogen-bond donors (Lipinski definition) is 2. The smallest absolute Gasteiger partial charge is 0.392 e. The summed E-state index contributed by atoms with van der Waals surface area (Å²) in [5.41, 5.74) is 0.939. The highest BCUT2D eigenvalue weighted by Gasteiger charge is 2.45.